The van der Waals surface area contributed by atoms with Crippen LogP contribution in [0, 0.1) is 5.92 Å². The summed E-state index contributed by atoms with van der Waals surface area (Å²) in [6, 6.07) is 0. The molecule has 0 radical (unpaired) electrons. The Morgan fingerprint density at radius 1 is 1.46 bits per heavy atom. The molecule has 0 rings (SSSR count). The van der Waals surface area contributed by atoms with Crippen molar-refractivity contribution in [2.45, 2.75) is 40.2 Å². The molecule has 0 aromatic rings. The molecule has 0 atom stereocenters. The van der Waals surface area contributed by atoms with Gasteiger partial charge in [0.25, 0.3) is 0 Å². The van der Waals surface area contributed by atoms with Crippen LogP contribution >= 0.6 is 0 Å². The Balaban J connectivity index is 3.77. The quantitative estimate of drug-likeness (QED) is 0.530. The third kappa shape index (κ3) is 8.85. The molecule has 0 fully saturated rings. The number of hydrogen-bond donors (Lipinski definition) is 1. The van der Waals surface area contributed by atoms with Crippen LogP contribution in [0.2, 0.25) is 0 Å². The summed E-state index contributed by atoms with van der Waals surface area (Å²) in [6.45, 7) is 9.36. The van der Waals surface area contributed by atoms with Gasteiger partial charge in [0.05, 0.1) is 0 Å². The van der Waals surface area contributed by atoms with Gasteiger partial charge in [-0.25, -0.2) is 10.2 Å². The lowest BCUT2D eigenvalue weighted by molar-refractivity contribution is 0.0529. The first-order chi connectivity index (χ1) is 5.81. The van der Waals surface area contributed by atoms with Crippen LogP contribution in [0.3, 0.4) is 0 Å². The van der Waals surface area contributed by atoms with Gasteiger partial charge in [-0.1, -0.05) is 13.8 Å². The molecule has 1 amide bonds. The SMILES string of the molecule is CC(C)C=NNC(=O)OC(C)(C)C. The first-order valence-corrected chi connectivity index (χ1v) is 4.33. The Bertz CT molecular complexity index is 192. The van der Waals surface area contributed by atoms with Crippen LogP contribution < -0.4 is 5.43 Å². The molecule has 0 aliphatic carbocycles. The minimum atomic E-state index is -0.524. The second-order valence-electron chi connectivity index (χ2n) is 4.14. The zero-order valence-electron chi connectivity index (χ0n) is 8.92. The van der Waals surface area contributed by atoms with Crippen molar-refractivity contribution in [3.63, 3.8) is 0 Å². The fourth-order valence-corrected chi connectivity index (χ4v) is 0.540. The first kappa shape index (κ1) is 11.9. The van der Waals surface area contributed by atoms with Crippen molar-refractivity contribution < 1.29 is 9.53 Å². The second kappa shape index (κ2) is 4.84. The van der Waals surface area contributed by atoms with Gasteiger partial charge in [0.1, 0.15) is 5.60 Å². The smallest absolute Gasteiger partial charge is 0.428 e. The summed E-state index contributed by atoms with van der Waals surface area (Å²) < 4.78 is 4.96. The molecule has 0 spiro atoms. The molecule has 0 unspecified atom stereocenters. The molecule has 76 valence electrons. The summed E-state index contributed by atoms with van der Waals surface area (Å²) in [4.78, 5) is 11.0. The molecule has 0 saturated carbocycles. The van der Waals surface area contributed by atoms with E-state index in [4.69, 9.17) is 4.74 Å². The molecule has 13 heavy (non-hydrogen) atoms. The van der Waals surface area contributed by atoms with E-state index in [1.807, 2.05) is 13.8 Å². The van der Waals surface area contributed by atoms with Gasteiger partial charge in [-0.2, -0.15) is 5.10 Å². The molecule has 0 aliphatic rings. The van der Waals surface area contributed by atoms with Crippen LogP contribution in [0.1, 0.15) is 34.6 Å². The molecule has 0 aliphatic heterocycles. The van der Waals surface area contributed by atoms with Crippen molar-refractivity contribution in [1.82, 2.24) is 5.43 Å². The Morgan fingerprint density at radius 2 is 2.00 bits per heavy atom. The summed E-state index contributed by atoms with van der Waals surface area (Å²) in [5.41, 5.74) is 1.80. The molecule has 1 N–H and O–H groups in total. The van der Waals surface area contributed by atoms with Crippen LogP contribution in [-0.2, 0) is 4.74 Å². The lowest BCUT2D eigenvalue weighted by Crippen LogP contribution is -2.29. The van der Waals surface area contributed by atoms with Crippen molar-refractivity contribution in [1.29, 1.82) is 0 Å². The van der Waals surface area contributed by atoms with Crippen molar-refractivity contribution in [3.8, 4) is 0 Å². The van der Waals surface area contributed by atoms with Crippen molar-refractivity contribution in [2.24, 2.45) is 11.0 Å². The van der Waals surface area contributed by atoms with Crippen LogP contribution in [-0.4, -0.2) is 17.9 Å². The topological polar surface area (TPSA) is 50.7 Å². The number of carbonyl (C=O) groups is 1. The fraction of sp³-hybridized carbons (Fsp3) is 0.778. The van der Waals surface area contributed by atoms with Gasteiger partial charge < -0.3 is 4.74 Å². The highest BCUT2D eigenvalue weighted by Gasteiger charge is 2.15. The maximum atomic E-state index is 11.0. The lowest BCUT2D eigenvalue weighted by atomic mass is 10.2. The molecular weight excluding hydrogens is 168 g/mol. The summed E-state index contributed by atoms with van der Waals surface area (Å²) in [5.74, 6) is 0.315. The highest BCUT2D eigenvalue weighted by Crippen LogP contribution is 2.06. The molecule has 0 aromatic carbocycles. The van der Waals surface area contributed by atoms with Gasteiger partial charge >= 0.3 is 6.09 Å². The van der Waals surface area contributed by atoms with E-state index in [1.54, 1.807) is 27.0 Å². The number of hydrogen-bond acceptors (Lipinski definition) is 3. The van der Waals surface area contributed by atoms with E-state index in [1.165, 1.54) is 0 Å². The molecule has 0 heterocycles. The number of rotatable bonds is 2. The maximum Gasteiger partial charge on any atom is 0.428 e. The van der Waals surface area contributed by atoms with Gasteiger partial charge in [-0.05, 0) is 26.7 Å². The summed E-state index contributed by atoms with van der Waals surface area (Å²) >= 11 is 0. The molecule has 4 nitrogen and oxygen atoms in total. The van der Waals surface area contributed by atoms with Gasteiger partial charge in [0.2, 0.25) is 0 Å². The van der Waals surface area contributed by atoms with Gasteiger partial charge in [0, 0.05) is 6.21 Å². The zero-order chi connectivity index (χ0) is 10.5. The van der Waals surface area contributed by atoms with Gasteiger partial charge in [-0.3, -0.25) is 0 Å². The highest BCUT2D eigenvalue weighted by molar-refractivity contribution is 5.69. The van der Waals surface area contributed by atoms with E-state index in [2.05, 4.69) is 10.5 Å². The number of carbonyl (C=O) groups excluding carboxylic acids is 1. The van der Waals surface area contributed by atoms with E-state index in [9.17, 15) is 4.79 Å². The number of ether oxygens (including phenoxy) is 1. The second-order valence-corrected chi connectivity index (χ2v) is 4.14. The Hall–Kier alpha value is -1.06. The largest absolute Gasteiger partial charge is 0.443 e. The van der Waals surface area contributed by atoms with Crippen LogP contribution in [0.15, 0.2) is 5.10 Å². The van der Waals surface area contributed by atoms with Gasteiger partial charge in [-0.15, -0.1) is 0 Å². The summed E-state index contributed by atoms with van der Waals surface area (Å²) in [7, 11) is 0. The monoisotopic (exact) mass is 186 g/mol. The molecular formula is C9H18N2O2. The van der Waals surface area contributed by atoms with Crippen molar-refractivity contribution >= 4 is 12.3 Å². The normalized spacial score (nSPS) is 12.2. The van der Waals surface area contributed by atoms with Crippen molar-refractivity contribution in [2.75, 3.05) is 0 Å². The van der Waals surface area contributed by atoms with E-state index < -0.39 is 11.7 Å². The van der Waals surface area contributed by atoms with Crippen LogP contribution in [0.5, 0.6) is 0 Å². The Kier molecular flexibility index (Phi) is 4.45. The third-order valence-corrected chi connectivity index (χ3v) is 0.927. The summed E-state index contributed by atoms with van der Waals surface area (Å²) in [5, 5.41) is 3.71. The number of hydrazone groups is 1. The number of amides is 1. The molecule has 0 saturated heterocycles. The predicted molar refractivity (Wildman–Crippen MR) is 52.7 cm³/mol. The molecule has 0 aromatic heterocycles. The minimum absolute atomic E-state index is 0.315. The third-order valence-electron chi connectivity index (χ3n) is 0.927. The summed E-state index contributed by atoms with van der Waals surface area (Å²) in [6.07, 6.45) is 1.12. The van der Waals surface area contributed by atoms with E-state index in [0.29, 0.717) is 5.92 Å². The van der Waals surface area contributed by atoms with E-state index in [0.717, 1.165) is 0 Å². The van der Waals surface area contributed by atoms with E-state index in [-0.39, 0.29) is 0 Å². The standard InChI is InChI=1S/C9H18N2O2/c1-7(2)6-10-11-8(12)13-9(3,4)5/h6-7H,1-5H3,(H,11,12). The number of nitrogens with zero attached hydrogens (tertiary/aromatic N) is 1. The van der Waals surface area contributed by atoms with Gasteiger partial charge in [0.15, 0.2) is 0 Å². The highest BCUT2D eigenvalue weighted by atomic mass is 16.6. The lowest BCUT2D eigenvalue weighted by Gasteiger charge is -2.18. The fourth-order valence-electron chi connectivity index (χ4n) is 0.540. The van der Waals surface area contributed by atoms with E-state index >= 15 is 0 Å². The number of nitrogens with one attached hydrogen (secondary N) is 1. The minimum Gasteiger partial charge on any atom is -0.443 e. The Morgan fingerprint density at radius 3 is 2.38 bits per heavy atom. The molecule has 0 bridgehead atoms. The van der Waals surface area contributed by atoms with Crippen LogP contribution in [0.4, 0.5) is 4.79 Å². The molecule has 4 heteroatoms. The maximum absolute atomic E-state index is 11.0. The predicted octanol–water partition coefficient (Wildman–Crippen LogP) is 2.15. The average molecular weight is 186 g/mol. The van der Waals surface area contributed by atoms with Crippen LogP contribution in [0.25, 0.3) is 0 Å². The average Bonchev–Trinajstić information content (AvgIpc) is 1.81. The first-order valence-electron chi connectivity index (χ1n) is 4.33. The van der Waals surface area contributed by atoms with Crippen molar-refractivity contribution in [3.05, 3.63) is 0 Å². The Labute approximate surface area is 79.3 Å². The zero-order valence-corrected chi connectivity index (χ0v) is 8.92.